The highest BCUT2D eigenvalue weighted by Crippen LogP contribution is 2.15. The summed E-state index contributed by atoms with van der Waals surface area (Å²) in [5.74, 6) is -0.162. The minimum atomic E-state index is -2.52. The van der Waals surface area contributed by atoms with Crippen molar-refractivity contribution >= 4 is 23.2 Å². The first-order chi connectivity index (χ1) is 9.45. The van der Waals surface area contributed by atoms with Gasteiger partial charge in [-0.2, -0.15) is 5.10 Å². The van der Waals surface area contributed by atoms with E-state index < -0.39 is 18.9 Å². The van der Waals surface area contributed by atoms with Gasteiger partial charge in [-0.3, -0.25) is 9.48 Å². The van der Waals surface area contributed by atoms with Gasteiger partial charge in [0.15, 0.2) is 5.69 Å². The Morgan fingerprint density at radius 1 is 1.50 bits per heavy atom. The molecule has 0 atom stereocenters. The van der Waals surface area contributed by atoms with Crippen molar-refractivity contribution in [3.05, 3.63) is 35.1 Å². The lowest BCUT2D eigenvalue weighted by Crippen LogP contribution is -2.15. The van der Waals surface area contributed by atoms with E-state index in [-0.39, 0.29) is 16.4 Å². The van der Waals surface area contributed by atoms with Gasteiger partial charge in [-0.1, -0.05) is 11.6 Å². The molecular weight excluding hydrogens is 292 g/mol. The van der Waals surface area contributed by atoms with Crippen LogP contribution in [0.2, 0.25) is 5.02 Å². The molecule has 9 heteroatoms. The summed E-state index contributed by atoms with van der Waals surface area (Å²) in [7, 11) is 0. The Morgan fingerprint density at radius 3 is 2.95 bits per heavy atom. The molecule has 6 nitrogen and oxygen atoms in total. The van der Waals surface area contributed by atoms with Crippen LogP contribution in [0.4, 0.5) is 14.5 Å². The second kappa shape index (κ2) is 5.91. The number of nitrogens with one attached hydrogen (secondary N) is 1. The number of halogens is 3. The zero-order valence-corrected chi connectivity index (χ0v) is 11.1. The smallest absolute Gasteiger partial charge is 0.276 e. The molecule has 0 bridgehead atoms. The number of alkyl halides is 2. The molecule has 2 aromatic heterocycles. The van der Waals surface area contributed by atoms with Crippen LogP contribution in [0.15, 0.2) is 18.6 Å². The molecule has 0 saturated heterocycles. The quantitative estimate of drug-likeness (QED) is 0.939. The van der Waals surface area contributed by atoms with Crippen LogP contribution in [0.3, 0.4) is 0 Å². The van der Waals surface area contributed by atoms with E-state index in [1.165, 1.54) is 18.6 Å². The SMILES string of the molecule is Cc1ncc(Cl)c(C(=O)Nc2cnn(CC(F)F)c2)n1. The lowest BCUT2D eigenvalue weighted by atomic mass is 10.3. The number of carbonyl (C=O) groups excluding carboxylic acids is 1. The van der Waals surface area contributed by atoms with Gasteiger partial charge in [-0.05, 0) is 6.92 Å². The van der Waals surface area contributed by atoms with Crippen molar-refractivity contribution in [1.29, 1.82) is 0 Å². The first kappa shape index (κ1) is 14.3. The lowest BCUT2D eigenvalue weighted by Gasteiger charge is -2.04. The van der Waals surface area contributed by atoms with Gasteiger partial charge in [-0.25, -0.2) is 18.7 Å². The molecule has 0 saturated carbocycles. The summed E-state index contributed by atoms with van der Waals surface area (Å²) in [5.41, 5.74) is 0.295. The highest BCUT2D eigenvalue weighted by Gasteiger charge is 2.14. The van der Waals surface area contributed by atoms with E-state index in [0.717, 1.165) is 4.68 Å². The third-order valence-corrected chi connectivity index (χ3v) is 2.57. The Morgan fingerprint density at radius 2 is 2.25 bits per heavy atom. The van der Waals surface area contributed by atoms with Crippen molar-refractivity contribution in [2.75, 3.05) is 5.32 Å². The second-order valence-electron chi connectivity index (χ2n) is 3.91. The molecule has 2 rings (SSSR count). The molecule has 0 aromatic carbocycles. The van der Waals surface area contributed by atoms with E-state index in [1.807, 2.05) is 0 Å². The molecule has 0 aliphatic heterocycles. The van der Waals surface area contributed by atoms with Crippen LogP contribution in [0.5, 0.6) is 0 Å². The minimum Gasteiger partial charge on any atom is -0.318 e. The summed E-state index contributed by atoms with van der Waals surface area (Å²) in [5, 5.41) is 6.28. The zero-order valence-electron chi connectivity index (χ0n) is 10.3. The topological polar surface area (TPSA) is 72.7 Å². The van der Waals surface area contributed by atoms with E-state index in [9.17, 15) is 13.6 Å². The Bertz CT molecular complexity index is 631. The second-order valence-corrected chi connectivity index (χ2v) is 4.32. The van der Waals surface area contributed by atoms with Gasteiger partial charge in [-0.15, -0.1) is 0 Å². The molecule has 2 aromatic rings. The van der Waals surface area contributed by atoms with Gasteiger partial charge in [0.25, 0.3) is 12.3 Å². The maximum absolute atomic E-state index is 12.2. The summed E-state index contributed by atoms with van der Waals surface area (Å²) < 4.78 is 25.4. The van der Waals surface area contributed by atoms with Crippen LogP contribution in [-0.2, 0) is 6.54 Å². The van der Waals surface area contributed by atoms with E-state index in [2.05, 4.69) is 20.4 Å². The monoisotopic (exact) mass is 301 g/mol. The Kier molecular flexibility index (Phi) is 4.23. The fourth-order valence-electron chi connectivity index (χ4n) is 1.47. The Labute approximate surface area is 117 Å². The van der Waals surface area contributed by atoms with Crippen LogP contribution < -0.4 is 5.32 Å². The van der Waals surface area contributed by atoms with E-state index in [1.54, 1.807) is 6.92 Å². The Balaban J connectivity index is 2.11. The first-order valence-corrected chi connectivity index (χ1v) is 5.94. The fraction of sp³-hybridized carbons (Fsp3) is 0.273. The molecule has 0 aliphatic rings. The van der Waals surface area contributed by atoms with Gasteiger partial charge in [0.05, 0.1) is 23.1 Å². The summed E-state index contributed by atoms with van der Waals surface area (Å²) in [6.07, 6.45) is 1.37. The van der Waals surface area contributed by atoms with Crippen molar-refractivity contribution in [3.8, 4) is 0 Å². The van der Waals surface area contributed by atoms with Gasteiger partial charge in [0.1, 0.15) is 12.4 Å². The maximum atomic E-state index is 12.2. The standard InChI is InChI=1S/C11H10ClF2N5O/c1-6-15-3-8(12)10(17-6)11(20)18-7-2-16-19(4-7)5-9(13)14/h2-4,9H,5H2,1H3,(H,18,20). The average Bonchev–Trinajstić information content (AvgIpc) is 2.78. The van der Waals surface area contributed by atoms with Crippen LogP contribution in [-0.4, -0.2) is 32.1 Å². The van der Waals surface area contributed by atoms with Crippen molar-refractivity contribution in [2.45, 2.75) is 19.9 Å². The number of aryl methyl sites for hydroxylation is 1. The number of hydrogen-bond acceptors (Lipinski definition) is 4. The highest BCUT2D eigenvalue weighted by atomic mass is 35.5. The van der Waals surface area contributed by atoms with Gasteiger partial charge in [0.2, 0.25) is 0 Å². The molecular formula is C11H10ClF2N5O. The third kappa shape index (κ3) is 3.47. The van der Waals surface area contributed by atoms with Gasteiger partial charge >= 0.3 is 0 Å². The van der Waals surface area contributed by atoms with Gasteiger partial charge in [0, 0.05) is 6.20 Å². The summed E-state index contributed by atoms with van der Waals surface area (Å²) in [6, 6.07) is 0. The molecule has 0 spiro atoms. The van der Waals surface area contributed by atoms with Crippen molar-refractivity contribution in [3.63, 3.8) is 0 Å². The number of carbonyl (C=O) groups is 1. The summed E-state index contributed by atoms with van der Waals surface area (Å²) >= 11 is 5.83. The first-order valence-electron chi connectivity index (χ1n) is 5.57. The maximum Gasteiger partial charge on any atom is 0.276 e. The molecule has 0 fully saturated rings. The van der Waals surface area contributed by atoms with Crippen LogP contribution in [0.1, 0.15) is 16.3 Å². The average molecular weight is 302 g/mol. The molecule has 1 N–H and O–H groups in total. The number of hydrogen-bond donors (Lipinski definition) is 1. The number of anilines is 1. The van der Waals surface area contributed by atoms with Crippen molar-refractivity contribution < 1.29 is 13.6 Å². The number of nitrogens with zero attached hydrogens (tertiary/aromatic N) is 4. The van der Waals surface area contributed by atoms with Crippen molar-refractivity contribution in [1.82, 2.24) is 19.7 Å². The molecule has 0 radical (unpaired) electrons. The van der Waals surface area contributed by atoms with E-state index >= 15 is 0 Å². The van der Waals surface area contributed by atoms with E-state index in [4.69, 9.17) is 11.6 Å². The molecule has 20 heavy (non-hydrogen) atoms. The predicted octanol–water partition coefficient (Wildman–Crippen LogP) is 2.15. The molecule has 0 aliphatic carbocycles. The largest absolute Gasteiger partial charge is 0.318 e. The number of rotatable bonds is 4. The number of amides is 1. The predicted molar refractivity (Wildman–Crippen MR) is 68.0 cm³/mol. The van der Waals surface area contributed by atoms with Crippen LogP contribution in [0.25, 0.3) is 0 Å². The molecule has 2 heterocycles. The zero-order chi connectivity index (χ0) is 14.7. The van der Waals surface area contributed by atoms with Gasteiger partial charge < -0.3 is 5.32 Å². The third-order valence-electron chi connectivity index (χ3n) is 2.30. The Hall–Kier alpha value is -2.09. The van der Waals surface area contributed by atoms with Crippen LogP contribution >= 0.6 is 11.6 Å². The van der Waals surface area contributed by atoms with E-state index in [0.29, 0.717) is 5.82 Å². The van der Waals surface area contributed by atoms with Crippen molar-refractivity contribution in [2.24, 2.45) is 0 Å². The van der Waals surface area contributed by atoms with Crippen LogP contribution in [0, 0.1) is 6.92 Å². The summed E-state index contributed by atoms with van der Waals surface area (Å²) in [6.45, 7) is 1.08. The molecule has 1 amide bonds. The molecule has 0 unspecified atom stereocenters. The summed E-state index contributed by atoms with van der Waals surface area (Å²) in [4.78, 5) is 19.7. The highest BCUT2D eigenvalue weighted by molar-refractivity contribution is 6.33. The normalized spacial score (nSPS) is 10.8. The fourth-order valence-corrected chi connectivity index (χ4v) is 1.65. The minimum absolute atomic E-state index is 0.0146. The number of aromatic nitrogens is 4. The lowest BCUT2D eigenvalue weighted by molar-refractivity contribution is 0.102. The molecule has 106 valence electrons.